The van der Waals surface area contributed by atoms with E-state index in [1.165, 1.54) is 24.0 Å². The Morgan fingerprint density at radius 1 is 1.20 bits per heavy atom. The van der Waals surface area contributed by atoms with Crippen molar-refractivity contribution in [3.8, 4) is 5.95 Å². The van der Waals surface area contributed by atoms with Gasteiger partial charge in [-0.05, 0) is 46.1 Å². The molecule has 2 heterocycles. The lowest BCUT2D eigenvalue weighted by Crippen LogP contribution is -2.17. The summed E-state index contributed by atoms with van der Waals surface area (Å²) in [5, 5.41) is 8.01. The van der Waals surface area contributed by atoms with Gasteiger partial charge in [0.15, 0.2) is 0 Å². The van der Waals surface area contributed by atoms with Gasteiger partial charge in [0.1, 0.15) is 0 Å². The van der Waals surface area contributed by atoms with Gasteiger partial charge >= 0.3 is 0 Å². The summed E-state index contributed by atoms with van der Waals surface area (Å²) in [6, 6.07) is 0.702. The van der Waals surface area contributed by atoms with Gasteiger partial charge in [0.25, 0.3) is 5.95 Å². The molecule has 0 aliphatic heterocycles. The summed E-state index contributed by atoms with van der Waals surface area (Å²) in [6.45, 7) is 9.03. The van der Waals surface area contributed by atoms with Gasteiger partial charge in [-0.25, -0.2) is 14.6 Å². The summed E-state index contributed by atoms with van der Waals surface area (Å²) in [5.41, 5.74) is 5.52. The molecule has 5 heteroatoms. The largest absolute Gasteiger partial charge is 0.310 e. The van der Waals surface area contributed by atoms with Crippen LogP contribution in [-0.2, 0) is 6.54 Å². The highest BCUT2D eigenvalue weighted by atomic mass is 15.4. The zero-order chi connectivity index (χ0) is 14.3. The highest BCUT2D eigenvalue weighted by Gasteiger charge is 2.20. The number of aryl methyl sites for hydroxylation is 2. The number of hydrogen-bond acceptors (Lipinski definition) is 4. The van der Waals surface area contributed by atoms with E-state index in [2.05, 4.69) is 34.2 Å². The lowest BCUT2D eigenvalue weighted by atomic mass is 10.2. The first-order valence-corrected chi connectivity index (χ1v) is 7.15. The third-order valence-electron chi connectivity index (χ3n) is 4.07. The summed E-state index contributed by atoms with van der Waals surface area (Å²) in [5.74, 6) is 0.659. The second-order valence-electron chi connectivity index (χ2n) is 5.64. The second kappa shape index (κ2) is 4.98. The predicted octanol–water partition coefficient (Wildman–Crippen LogP) is 2.15. The van der Waals surface area contributed by atoms with E-state index in [0.29, 0.717) is 12.0 Å². The Labute approximate surface area is 119 Å². The first-order valence-electron chi connectivity index (χ1n) is 7.15. The molecule has 1 fully saturated rings. The highest BCUT2D eigenvalue weighted by molar-refractivity contribution is 5.29. The zero-order valence-corrected chi connectivity index (χ0v) is 12.6. The topological polar surface area (TPSA) is 55.6 Å². The SMILES string of the molecule is Cc1nc(-n2nc(C)c(C)c2C)ncc1CNC1CC1. The van der Waals surface area contributed by atoms with E-state index in [1.54, 1.807) is 0 Å². The molecule has 0 aromatic carbocycles. The van der Waals surface area contributed by atoms with Gasteiger partial charge in [0.05, 0.1) is 5.69 Å². The lowest BCUT2D eigenvalue weighted by molar-refractivity contribution is 0.674. The summed E-state index contributed by atoms with van der Waals surface area (Å²) >= 11 is 0. The van der Waals surface area contributed by atoms with Crippen molar-refractivity contribution in [3.05, 3.63) is 34.4 Å². The molecule has 1 aliphatic carbocycles. The first-order chi connectivity index (χ1) is 9.56. The maximum absolute atomic E-state index is 4.61. The zero-order valence-electron chi connectivity index (χ0n) is 12.6. The van der Waals surface area contributed by atoms with Gasteiger partial charge in [0.2, 0.25) is 0 Å². The van der Waals surface area contributed by atoms with E-state index >= 15 is 0 Å². The van der Waals surface area contributed by atoms with Crippen LogP contribution in [0.1, 0.15) is 41.1 Å². The number of nitrogens with one attached hydrogen (secondary N) is 1. The predicted molar refractivity (Wildman–Crippen MR) is 78.0 cm³/mol. The van der Waals surface area contributed by atoms with Crippen LogP contribution in [0.3, 0.4) is 0 Å². The monoisotopic (exact) mass is 271 g/mol. The fourth-order valence-electron chi connectivity index (χ4n) is 2.21. The fourth-order valence-corrected chi connectivity index (χ4v) is 2.21. The van der Waals surface area contributed by atoms with Crippen LogP contribution < -0.4 is 5.32 Å². The molecule has 20 heavy (non-hydrogen) atoms. The molecule has 2 aromatic rings. The van der Waals surface area contributed by atoms with Crippen molar-refractivity contribution in [1.82, 2.24) is 25.1 Å². The minimum Gasteiger partial charge on any atom is -0.310 e. The normalized spacial score (nSPS) is 14.8. The van der Waals surface area contributed by atoms with E-state index < -0.39 is 0 Å². The number of nitrogens with zero attached hydrogens (tertiary/aromatic N) is 4. The molecule has 2 aromatic heterocycles. The first kappa shape index (κ1) is 13.2. The van der Waals surface area contributed by atoms with Crippen LogP contribution in [0.15, 0.2) is 6.20 Å². The number of rotatable bonds is 4. The quantitative estimate of drug-likeness (QED) is 0.925. The number of aromatic nitrogens is 4. The average Bonchev–Trinajstić information content (AvgIpc) is 3.21. The summed E-state index contributed by atoms with van der Waals surface area (Å²) in [7, 11) is 0. The summed E-state index contributed by atoms with van der Waals surface area (Å²) in [4.78, 5) is 9.08. The van der Waals surface area contributed by atoms with Gasteiger partial charge in [-0.15, -0.1) is 0 Å². The van der Waals surface area contributed by atoms with Crippen molar-refractivity contribution in [2.75, 3.05) is 0 Å². The van der Waals surface area contributed by atoms with E-state index in [9.17, 15) is 0 Å². The molecule has 0 atom stereocenters. The Morgan fingerprint density at radius 2 is 1.95 bits per heavy atom. The third-order valence-corrected chi connectivity index (χ3v) is 4.07. The van der Waals surface area contributed by atoms with Gasteiger partial charge < -0.3 is 5.32 Å². The second-order valence-corrected chi connectivity index (χ2v) is 5.64. The Kier molecular flexibility index (Phi) is 3.30. The molecule has 1 N–H and O–H groups in total. The van der Waals surface area contributed by atoms with E-state index in [0.717, 1.165) is 23.6 Å². The van der Waals surface area contributed by atoms with Crippen molar-refractivity contribution in [1.29, 1.82) is 0 Å². The van der Waals surface area contributed by atoms with E-state index in [4.69, 9.17) is 0 Å². The maximum atomic E-state index is 4.61. The smallest absolute Gasteiger partial charge is 0.250 e. The maximum Gasteiger partial charge on any atom is 0.250 e. The van der Waals surface area contributed by atoms with Gasteiger partial charge in [-0.1, -0.05) is 0 Å². The van der Waals surface area contributed by atoms with Crippen molar-refractivity contribution in [2.24, 2.45) is 0 Å². The molecule has 3 rings (SSSR count). The minimum atomic E-state index is 0.659. The van der Waals surface area contributed by atoms with Crippen molar-refractivity contribution in [3.63, 3.8) is 0 Å². The Hall–Kier alpha value is -1.75. The summed E-state index contributed by atoms with van der Waals surface area (Å²) < 4.78 is 1.83. The third kappa shape index (κ3) is 2.45. The van der Waals surface area contributed by atoms with Crippen LogP contribution in [0.25, 0.3) is 5.95 Å². The Morgan fingerprint density at radius 3 is 2.50 bits per heavy atom. The van der Waals surface area contributed by atoms with Crippen LogP contribution in [0.5, 0.6) is 0 Å². The molecular formula is C15H21N5. The molecule has 0 amide bonds. The molecule has 0 bridgehead atoms. The minimum absolute atomic E-state index is 0.659. The summed E-state index contributed by atoms with van der Waals surface area (Å²) in [6.07, 6.45) is 4.50. The van der Waals surface area contributed by atoms with Crippen LogP contribution in [0, 0.1) is 27.7 Å². The Balaban J connectivity index is 1.86. The molecule has 0 spiro atoms. The Bertz CT molecular complexity index is 640. The fraction of sp³-hybridized carbons (Fsp3) is 0.533. The molecule has 1 aliphatic rings. The van der Waals surface area contributed by atoms with Crippen molar-refractivity contribution in [2.45, 2.75) is 53.1 Å². The van der Waals surface area contributed by atoms with Gasteiger partial charge in [-0.2, -0.15) is 5.10 Å². The van der Waals surface area contributed by atoms with Crippen LogP contribution in [-0.4, -0.2) is 25.8 Å². The van der Waals surface area contributed by atoms with Crippen LogP contribution in [0.2, 0.25) is 0 Å². The molecule has 1 saturated carbocycles. The van der Waals surface area contributed by atoms with Crippen molar-refractivity contribution >= 4 is 0 Å². The standard InChI is InChI=1S/C15H21N5/c1-9-10(2)19-20(12(9)4)15-17-8-13(11(3)18-15)7-16-14-5-6-14/h8,14,16H,5-7H2,1-4H3. The van der Waals surface area contributed by atoms with Crippen molar-refractivity contribution < 1.29 is 0 Å². The average molecular weight is 271 g/mol. The van der Waals surface area contributed by atoms with Crippen LogP contribution in [0.4, 0.5) is 0 Å². The molecule has 0 unspecified atom stereocenters. The number of hydrogen-bond donors (Lipinski definition) is 1. The molecule has 106 valence electrons. The van der Waals surface area contributed by atoms with E-state index in [1.807, 2.05) is 24.7 Å². The van der Waals surface area contributed by atoms with Gasteiger partial charge in [0, 0.05) is 35.7 Å². The molecule has 0 radical (unpaired) electrons. The highest BCUT2D eigenvalue weighted by Crippen LogP contribution is 2.20. The lowest BCUT2D eigenvalue weighted by Gasteiger charge is -2.08. The van der Waals surface area contributed by atoms with Gasteiger partial charge in [-0.3, -0.25) is 0 Å². The molecule has 0 saturated heterocycles. The molecular weight excluding hydrogens is 250 g/mol. The molecule has 5 nitrogen and oxygen atoms in total. The van der Waals surface area contributed by atoms with Crippen LogP contribution >= 0.6 is 0 Å². The van der Waals surface area contributed by atoms with E-state index in [-0.39, 0.29) is 0 Å².